The number of anilines is 1. The summed E-state index contributed by atoms with van der Waals surface area (Å²) in [4.78, 5) is 12.8. The molecule has 1 amide bonds. The minimum atomic E-state index is -1.04. The molecule has 0 saturated carbocycles. The summed E-state index contributed by atoms with van der Waals surface area (Å²) in [7, 11) is 0.492. The fourth-order valence-electron chi connectivity index (χ4n) is 2.97. The molecule has 1 N–H and O–H groups in total. The van der Waals surface area contributed by atoms with Crippen molar-refractivity contribution >= 4 is 22.5 Å². The van der Waals surface area contributed by atoms with E-state index in [4.69, 9.17) is 4.74 Å². The molecule has 0 aliphatic carbocycles. The first-order chi connectivity index (χ1) is 13.0. The third kappa shape index (κ3) is 3.35. The Morgan fingerprint density at radius 2 is 2.00 bits per heavy atom. The third-order valence-electron chi connectivity index (χ3n) is 4.30. The fourth-order valence-corrected chi connectivity index (χ4v) is 4.23. The molecule has 0 radical (unpaired) electrons. The quantitative estimate of drug-likeness (QED) is 0.749. The van der Waals surface area contributed by atoms with Crippen molar-refractivity contribution in [3.63, 3.8) is 0 Å². The molecule has 0 unspecified atom stereocenters. The molecule has 1 aliphatic heterocycles. The largest absolute Gasteiger partial charge is 0.497 e. The molecule has 4 rings (SSSR count). The molecule has 138 valence electrons. The van der Waals surface area contributed by atoms with Crippen molar-refractivity contribution in [2.75, 3.05) is 12.4 Å². The highest BCUT2D eigenvalue weighted by molar-refractivity contribution is 7.83. The molecule has 0 bridgehead atoms. The number of nitrogens with zero attached hydrogens (tertiary/aromatic N) is 2. The van der Waals surface area contributed by atoms with E-state index in [0.717, 1.165) is 5.56 Å². The average molecular weight is 385 g/mol. The number of hydrogen-bond acceptors (Lipinski definition) is 4. The zero-order valence-electron chi connectivity index (χ0n) is 14.4. The van der Waals surface area contributed by atoms with Crippen LogP contribution in [0.5, 0.6) is 5.75 Å². The van der Waals surface area contributed by atoms with E-state index in [-0.39, 0.29) is 11.7 Å². The molecule has 2 heterocycles. The van der Waals surface area contributed by atoms with Crippen molar-refractivity contribution in [2.45, 2.75) is 11.5 Å². The molecule has 0 saturated heterocycles. The summed E-state index contributed by atoms with van der Waals surface area (Å²) in [5.74, 6) is 0.992. The van der Waals surface area contributed by atoms with Gasteiger partial charge in [-0.05, 0) is 42.5 Å². The van der Waals surface area contributed by atoms with Gasteiger partial charge in [0.2, 0.25) is 0 Å². The van der Waals surface area contributed by atoms with Gasteiger partial charge in [0.1, 0.15) is 17.4 Å². The Hall–Kier alpha value is -3.00. The lowest BCUT2D eigenvalue weighted by molar-refractivity contribution is 0.102. The zero-order valence-corrected chi connectivity index (χ0v) is 15.3. The van der Waals surface area contributed by atoms with Crippen LogP contribution in [0, 0.1) is 5.82 Å². The minimum absolute atomic E-state index is 0.324. The van der Waals surface area contributed by atoms with E-state index in [1.807, 2.05) is 0 Å². The Morgan fingerprint density at radius 1 is 1.22 bits per heavy atom. The van der Waals surface area contributed by atoms with E-state index in [0.29, 0.717) is 40.0 Å². The first-order valence-electron chi connectivity index (χ1n) is 8.22. The van der Waals surface area contributed by atoms with Crippen LogP contribution >= 0.6 is 0 Å². The first kappa shape index (κ1) is 17.4. The molecule has 6 nitrogen and oxygen atoms in total. The van der Waals surface area contributed by atoms with Gasteiger partial charge in [-0.15, -0.1) is 0 Å². The van der Waals surface area contributed by atoms with Gasteiger partial charge in [0.25, 0.3) is 5.91 Å². The van der Waals surface area contributed by atoms with Crippen LogP contribution in [0.4, 0.5) is 10.2 Å². The van der Waals surface area contributed by atoms with Crippen LogP contribution in [0.15, 0.2) is 48.5 Å². The van der Waals surface area contributed by atoms with Crippen molar-refractivity contribution in [2.24, 2.45) is 0 Å². The van der Waals surface area contributed by atoms with Gasteiger partial charge in [-0.2, -0.15) is 5.10 Å². The number of fused-ring (bicyclic) bond motifs is 1. The topological polar surface area (TPSA) is 73.2 Å². The van der Waals surface area contributed by atoms with Crippen LogP contribution < -0.4 is 10.1 Å². The number of carbonyl (C=O) groups is 1. The van der Waals surface area contributed by atoms with E-state index in [2.05, 4.69) is 10.4 Å². The number of amides is 1. The second-order valence-electron chi connectivity index (χ2n) is 6.08. The maximum Gasteiger partial charge on any atom is 0.256 e. The number of hydrogen-bond donors (Lipinski definition) is 1. The normalized spacial score (nSPS) is 15.4. The molecule has 3 aromatic rings. The predicted octanol–water partition coefficient (Wildman–Crippen LogP) is 3.03. The number of aromatic nitrogens is 2. The van der Waals surface area contributed by atoms with Gasteiger partial charge in [-0.3, -0.25) is 9.00 Å². The summed E-state index contributed by atoms with van der Waals surface area (Å²) in [6.07, 6.45) is 0. The number of benzene rings is 2. The summed E-state index contributed by atoms with van der Waals surface area (Å²) in [6.45, 7) is 0. The van der Waals surface area contributed by atoms with Crippen molar-refractivity contribution in [1.29, 1.82) is 0 Å². The second kappa shape index (κ2) is 6.96. The van der Waals surface area contributed by atoms with Gasteiger partial charge < -0.3 is 10.1 Å². The van der Waals surface area contributed by atoms with Gasteiger partial charge >= 0.3 is 0 Å². The Balaban J connectivity index is 1.73. The maximum atomic E-state index is 13.3. The lowest BCUT2D eigenvalue weighted by Gasteiger charge is -2.11. The molecule has 0 spiro atoms. The molecule has 1 aromatic heterocycles. The lowest BCUT2D eigenvalue weighted by Crippen LogP contribution is -2.16. The van der Waals surface area contributed by atoms with E-state index >= 15 is 0 Å². The van der Waals surface area contributed by atoms with Crippen LogP contribution in [0.3, 0.4) is 0 Å². The van der Waals surface area contributed by atoms with E-state index in [1.165, 1.54) is 19.2 Å². The lowest BCUT2D eigenvalue weighted by atomic mass is 10.2. The highest BCUT2D eigenvalue weighted by Gasteiger charge is 2.28. The molecule has 0 fully saturated rings. The number of nitrogens with one attached hydrogen (secondary N) is 1. The van der Waals surface area contributed by atoms with Crippen LogP contribution in [-0.2, 0) is 22.3 Å². The fraction of sp³-hybridized carbons (Fsp3) is 0.158. The highest BCUT2D eigenvalue weighted by atomic mass is 32.2. The van der Waals surface area contributed by atoms with Gasteiger partial charge in [0.15, 0.2) is 0 Å². The third-order valence-corrected chi connectivity index (χ3v) is 5.51. The van der Waals surface area contributed by atoms with E-state index in [1.54, 1.807) is 41.1 Å². The Bertz CT molecular complexity index is 1050. The Labute approximate surface area is 157 Å². The SMILES string of the molecule is COc1cccc(C(=O)Nc2c3c(nn2-c2ccc(F)cc2)C[S@@](=O)C3)c1. The average Bonchev–Trinajstić information content (AvgIpc) is 3.19. The minimum Gasteiger partial charge on any atom is -0.497 e. The molecule has 1 atom stereocenters. The molecule has 2 aromatic carbocycles. The zero-order chi connectivity index (χ0) is 19.0. The van der Waals surface area contributed by atoms with Crippen LogP contribution in [0.25, 0.3) is 5.69 Å². The van der Waals surface area contributed by atoms with Crippen LogP contribution in [0.1, 0.15) is 21.6 Å². The number of methoxy groups -OCH3 is 1. The molecular weight excluding hydrogens is 369 g/mol. The number of rotatable bonds is 4. The number of carbonyl (C=O) groups excluding carboxylic acids is 1. The Morgan fingerprint density at radius 3 is 2.74 bits per heavy atom. The highest BCUT2D eigenvalue weighted by Crippen LogP contribution is 2.31. The molecule has 1 aliphatic rings. The molecule has 8 heteroatoms. The van der Waals surface area contributed by atoms with Crippen molar-refractivity contribution < 1.29 is 18.1 Å². The van der Waals surface area contributed by atoms with Gasteiger partial charge in [-0.1, -0.05) is 6.07 Å². The van der Waals surface area contributed by atoms with E-state index < -0.39 is 10.8 Å². The Kier molecular flexibility index (Phi) is 4.49. The first-order valence-corrected chi connectivity index (χ1v) is 9.71. The number of ether oxygens (including phenoxy) is 1. The maximum absolute atomic E-state index is 13.3. The monoisotopic (exact) mass is 385 g/mol. The van der Waals surface area contributed by atoms with E-state index in [9.17, 15) is 13.4 Å². The summed E-state index contributed by atoms with van der Waals surface area (Å²) in [5, 5.41) is 7.35. The van der Waals surface area contributed by atoms with Crippen molar-refractivity contribution in [3.8, 4) is 11.4 Å². The predicted molar refractivity (Wildman–Crippen MR) is 100 cm³/mol. The van der Waals surface area contributed by atoms with Gasteiger partial charge in [0, 0.05) is 21.9 Å². The summed E-state index contributed by atoms with van der Waals surface area (Å²) < 4.78 is 31.9. The number of halogens is 1. The second-order valence-corrected chi connectivity index (χ2v) is 7.53. The molecule has 27 heavy (non-hydrogen) atoms. The van der Waals surface area contributed by atoms with Crippen LogP contribution in [-0.4, -0.2) is 27.0 Å². The van der Waals surface area contributed by atoms with Crippen molar-refractivity contribution in [1.82, 2.24) is 9.78 Å². The van der Waals surface area contributed by atoms with Crippen LogP contribution in [0.2, 0.25) is 0 Å². The standard InChI is InChI=1S/C19H16FN3O3S/c1-26-15-4-2-3-12(9-15)19(24)21-18-16-10-27(25)11-17(16)22-23(18)14-7-5-13(20)6-8-14/h2-9H,10-11H2,1H3,(H,21,24)/t27-/m0/s1. The smallest absolute Gasteiger partial charge is 0.256 e. The van der Waals surface area contributed by atoms with Gasteiger partial charge in [-0.25, -0.2) is 9.07 Å². The summed E-state index contributed by atoms with van der Waals surface area (Å²) in [5.41, 5.74) is 2.46. The molecular formula is C19H16FN3O3S. The summed E-state index contributed by atoms with van der Waals surface area (Å²) >= 11 is 0. The van der Waals surface area contributed by atoms with Gasteiger partial charge in [0.05, 0.1) is 30.0 Å². The van der Waals surface area contributed by atoms with Crippen molar-refractivity contribution in [3.05, 3.63) is 71.2 Å². The summed E-state index contributed by atoms with van der Waals surface area (Å²) in [6, 6.07) is 12.6.